The third-order valence-electron chi connectivity index (χ3n) is 2.78. The highest BCUT2D eigenvalue weighted by molar-refractivity contribution is 5.85. The van der Waals surface area contributed by atoms with Crippen LogP contribution in [-0.4, -0.2) is 4.57 Å². The third-order valence-corrected chi connectivity index (χ3v) is 2.78. The third kappa shape index (κ3) is 1.56. The smallest absolute Gasteiger partial charge is 0.258 e. The van der Waals surface area contributed by atoms with E-state index in [1.165, 1.54) is 0 Å². The van der Waals surface area contributed by atoms with E-state index in [1.807, 2.05) is 45.2 Å². The Kier molecular flexibility index (Phi) is 2.35. The van der Waals surface area contributed by atoms with E-state index in [1.54, 1.807) is 4.57 Å². The molecule has 2 nitrogen and oxygen atoms in total. The fourth-order valence-electron chi connectivity index (χ4n) is 1.93. The molecule has 0 amide bonds. The molecule has 0 aliphatic heterocycles. The van der Waals surface area contributed by atoms with Gasteiger partial charge in [0, 0.05) is 18.1 Å². The van der Waals surface area contributed by atoms with Gasteiger partial charge in [0.25, 0.3) is 5.56 Å². The molecular weight excluding hydrogens is 186 g/mol. The van der Waals surface area contributed by atoms with Crippen LogP contribution in [0.3, 0.4) is 0 Å². The number of fused-ring (bicyclic) bond motifs is 1. The highest BCUT2D eigenvalue weighted by atomic mass is 16.1. The molecule has 0 bridgehead atoms. The van der Waals surface area contributed by atoms with Gasteiger partial charge in [-0.25, -0.2) is 0 Å². The van der Waals surface area contributed by atoms with E-state index in [0.717, 1.165) is 28.4 Å². The topological polar surface area (TPSA) is 22.0 Å². The monoisotopic (exact) mass is 201 g/mol. The van der Waals surface area contributed by atoms with Crippen LogP contribution in [0.15, 0.2) is 29.2 Å². The maximum atomic E-state index is 12.0. The number of hydrogen-bond donors (Lipinski definition) is 0. The van der Waals surface area contributed by atoms with Gasteiger partial charge in [0.1, 0.15) is 0 Å². The Bertz CT molecular complexity index is 566. The summed E-state index contributed by atoms with van der Waals surface area (Å²) in [6.45, 7) is 6.77. The Morgan fingerprint density at radius 1 is 1.20 bits per heavy atom. The lowest BCUT2D eigenvalue weighted by Crippen LogP contribution is -2.19. The van der Waals surface area contributed by atoms with Crippen molar-refractivity contribution in [2.75, 3.05) is 0 Å². The van der Waals surface area contributed by atoms with E-state index >= 15 is 0 Å². The highest BCUT2D eigenvalue weighted by Crippen LogP contribution is 2.16. The molecule has 1 aromatic carbocycles. The van der Waals surface area contributed by atoms with E-state index < -0.39 is 0 Å². The van der Waals surface area contributed by atoms with E-state index in [9.17, 15) is 4.79 Å². The van der Waals surface area contributed by atoms with Gasteiger partial charge in [-0.1, -0.05) is 17.7 Å². The minimum Gasteiger partial charge on any atom is -0.315 e. The lowest BCUT2D eigenvalue weighted by atomic mass is 10.1. The Balaban J connectivity index is 2.95. The van der Waals surface area contributed by atoms with Gasteiger partial charge in [-0.05, 0) is 37.8 Å². The number of hydrogen-bond acceptors (Lipinski definition) is 1. The van der Waals surface area contributed by atoms with Gasteiger partial charge in [-0.2, -0.15) is 0 Å². The number of nitrogens with zero attached hydrogens (tertiary/aromatic N) is 1. The Morgan fingerprint density at radius 3 is 2.60 bits per heavy atom. The molecule has 0 unspecified atom stereocenters. The molecule has 78 valence electrons. The summed E-state index contributed by atoms with van der Waals surface area (Å²) in [6, 6.07) is 6.04. The summed E-state index contributed by atoms with van der Waals surface area (Å²) in [5.41, 5.74) is 2.40. The Labute approximate surface area is 89.2 Å². The molecule has 0 fully saturated rings. The van der Waals surface area contributed by atoms with Crippen LogP contribution in [-0.2, 0) is 6.54 Å². The maximum absolute atomic E-state index is 12.0. The van der Waals surface area contributed by atoms with Crippen molar-refractivity contribution in [3.63, 3.8) is 0 Å². The standard InChI is InChI=1S/C13H15NO/c1-4-14-8-10(3)11-6-5-9(2)7-12(11)13(14)15/h5-8H,4H2,1-3H3. The molecule has 0 saturated heterocycles. The van der Waals surface area contributed by atoms with Gasteiger partial charge in [0.05, 0.1) is 0 Å². The van der Waals surface area contributed by atoms with Crippen LogP contribution in [0.2, 0.25) is 0 Å². The van der Waals surface area contributed by atoms with E-state index in [-0.39, 0.29) is 5.56 Å². The normalized spacial score (nSPS) is 10.9. The zero-order chi connectivity index (χ0) is 11.0. The molecule has 0 atom stereocenters. The summed E-state index contributed by atoms with van der Waals surface area (Å²) >= 11 is 0. The van der Waals surface area contributed by atoms with Crippen molar-refractivity contribution in [1.29, 1.82) is 0 Å². The highest BCUT2D eigenvalue weighted by Gasteiger charge is 2.04. The molecule has 2 heteroatoms. The molecule has 0 aliphatic rings. The average molecular weight is 201 g/mol. The SMILES string of the molecule is CCn1cc(C)c2ccc(C)cc2c1=O. The first kappa shape index (κ1) is 9.97. The van der Waals surface area contributed by atoms with Gasteiger partial charge in [0.15, 0.2) is 0 Å². The first-order valence-electron chi connectivity index (χ1n) is 5.24. The van der Waals surface area contributed by atoms with Crippen LogP contribution in [0.1, 0.15) is 18.1 Å². The quantitative estimate of drug-likeness (QED) is 0.695. The molecule has 0 N–H and O–H groups in total. The average Bonchev–Trinajstić information content (AvgIpc) is 2.23. The summed E-state index contributed by atoms with van der Waals surface area (Å²) < 4.78 is 1.76. The van der Waals surface area contributed by atoms with Crippen molar-refractivity contribution in [3.05, 3.63) is 45.9 Å². The molecule has 2 aromatic rings. The number of aromatic nitrogens is 1. The largest absolute Gasteiger partial charge is 0.315 e. The van der Waals surface area contributed by atoms with Crippen LogP contribution in [0.25, 0.3) is 10.8 Å². The summed E-state index contributed by atoms with van der Waals surface area (Å²) in [5, 5.41) is 1.90. The number of rotatable bonds is 1. The molecule has 1 aromatic heterocycles. The van der Waals surface area contributed by atoms with Gasteiger partial charge >= 0.3 is 0 Å². The summed E-state index contributed by atoms with van der Waals surface area (Å²) in [6.07, 6.45) is 1.93. The Morgan fingerprint density at radius 2 is 1.93 bits per heavy atom. The minimum absolute atomic E-state index is 0.113. The van der Waals surface area contributed by atoms with E-state index in [0.29, 0.717) is 0 Å². The van der Waals surface area contributed by atoms with Crippen LogP contribution >= 0.6 is 0 Å². The summed E-state index contributed by atoms with van der Waals surface area (Å²) in [7, 11) is 0. The van der Waals surface area contributed by atoms with Crippen molar-refractivity contribution in [2.45, 2.75) is 27.3 Å². The lowest BCUT2D eigenvalue weighted by molar-refractivity contribution is 0.731. The fraction of sp³-hybridized carbons (Fsp3) is 0.308. The second kappa shape index (κ2) is 3.54. The van der Waals surface area contributed by atoms with Crippen molar-refractivity contribution in [3.8, 4) is 0 Å². The van der Waals surface area contributed by atoms with Crippen molar-refractivity contribution in [2.24, 2.45) is 0 Å². The lowest BCUT2D eigenvalue weighted by Gasteiger charge is -2.08. The van der Waals surface area contributed by atoms with Crippen LogP contribution in [0.4, 0.5) is 0 Å². The predicted molar refractivity (Wildman–Crippen MR) is 63.4 cm³/mol. The van der Waals surface area contributed by atoms with E-state index in [4.69, 9.17) is 0 Å². The fourth-order valence-corrected chi connectivity index (χ4v) is 1.93. The van der Waals surface area contributed by atoms with Crippen molar-refractivity contribution < 1.29 is 0 Å². The molecule has 0 spiro atoms. The summed E-state index contributed by atoms with van der Waals surface area (Å²) in [5.74, 6) is 0. The molecule has 15 heavy (non-hydrogen) atoms. The number of benzene rings is 1. The number of pyridine rings is 1. The molecule has 0 saturated carbocycles. The minimum atomic E-state index is 0.113. The van der Waals surface area contributed by atoms with Crippen molar-refractivity contribution >= 4 is 10.8 Å². The second-order valence-corrected chi connectivity index (χ2v) is 3.95. The molecule has 0 aliphatic carbocycles. The first-order valence-corrected chi connectivity index (χ1v) is 5.24. The molecule has 0 radical (unpaired) electrons. The second-order valence-electron chi connectivity index (χ2n) is 3.95. The molecular formula is C13H15NO. The molecule has 1 heterocycles. The zero-order valence-corrected chi connectivity index (χ0v) is 9.37. The molecule has 2 rings (SSSR count). The zero-order valence-electron chi connectivity index (χ0n) is 9.37. The predicted octanol–water partition coefficient (Wildman–Crippen LogP) is 2.64. The van der Waals surface area contributed by atoms with Crippen LogP contribution < -0.4 is 5.56 Å². The van der Waals surface area contributed by atoms with Crippen LogP contribution in [0, 0.1) is 13.8 Å². The van der Waals surface area contributed by atoms with Gasteiger partial charge < -0.3 is 4.57 Å². The maximum Gasteiger partial charge on any atom is 0.258 e. The first-order chi connectivity index (χ1) is 7.13. The number of aryl methyl sites for hydroxylation is 3. The Hall–Kier alpha value is -1.57. The summed E-state index contributed by atoms with van der Waals surface area (Å²) in [4.78, 5) is 12.0. The van der Waals surface area contributed by atoms with E-state index in [2.05, 4.69) is 0 Å². The van der Waals surface area contributed by atoms with Crippen LogP contribution in [0.5, 0.6) is 0 Å². The van der Waals surface area contributed by atoms with Gasteiger partial charge in [0.2, 0.25) is 0 Å². The van der Waals surface area contributed by atoms with Gasteiger partial charge in [-0.3, -0.25) is 4.79 Å². The van der Waals surface area contributed by atoms with Crippen molar-refractivity contribution in [1.82, 2.24) is 4.57 Å². The van der Waals surface area contributed by atoms with Gasteiger partial charge in [-0.15, -0.1) is 0 Å².